The molecule has 0 unspecified atom stereocenters. The Hall–Kier alpha value is -1.42. The zero-order valence-corrected chi connectivity index (χ0v) is 14.5. The standard InChI is InChI=1S/C18H21BrO3/c1-18(2,19)17(22)15-9-7-14(8-10-15)13-5-3-12(4-6-13)11-16(20)21/h3,5,7-10,12-13H,4,6,11H2,1-2H3,(H,20,21)/t12-,13-/m0/s1. The molecule has 0 fully saturated rings. The Bertz CT molecular complexity index is 581. The summed E-state index contributed by atoms with van der Waals surface area (Å²) >= 11 is 3.39. The van der Waals surface area contributed by atoms with E-state index in [2.05, 4.69) is 22.0 Å². The van der Waals surface area contributed by atoms with Gasteiger partial charge in [-0.25, -0.2) is 0 Å². The molecule has 0 saturated heterocycles. The molecule has 4 heteroatoms. The zero-order valence-electron chi connectivity index (χ0n) is 12.9. The minimum atomic E-state index is -0.742. The van der Waals surface area contributed by atoms with Gasteiger partial charge in [0.1, 0.15) is 0 Å². The molecular weight excluding hydrogens is 344 g/mol. The quantitative estimate of drug-likeness (QED) is 0.473. The maximum absolute atomic E-state index is 12.2. The molecule has 3 nitrogen and oxygen atoms in total. The van der Waals surface area contributed by atoms with E-state index in [1.54, 1.807) is 0 Å². The Labute approximate surface area is 139 Å². The number of Topliss-reactive ketones (excluding diaryl/α,β-unsaturated/α-hetero) is 1. The van der Waals surface area contributed by atoms with Crippen LogP contribution in [-0.4, -0.2) is 21.2 Å². The molecule has 118 valence electrons. The van der Waals surface area contributed by atoms with Gasteiger partial charge in [-0.2, -0.15) is 0 Å². The van der Waals surface area contributed by atoms with Crippen molar-refractivity contribution in [1.82, 2.24) is 0 Å². The number of benzene rings is 1. The van der Waals surface area contributed by atoms with Crippen molar-refractivity contribution in [1.29, 1.82) is 0 Å². The summed E-state index contributed by atoms with van der Waals surface area (Å²) in [5.41, 5.74) is 1.88. The number of aliphatic carboxylic acids is 1. The van der Waals surface area contributed by atoms with E-state index in [-0.39, 0.29) is 18.1 Å². The molecule has 0 aromatic heterocycles. The van der Waals surface area contributed by atoms with Crippen LogP contribution < -0.4 is 0 Å². The monoisotopic (exact) mass is 364 g/mol. The average Bonchev–Trinajstić information content (AvgIpc) is 2.46. The molecule has 0 radical (unpaired) electrons. The molecule has 1 aliphatic rings. The third-order valence-corrected chi connectivity index (χ3v) is 4.40. The summed E-state index contributed by atoms with van der Waals surface area (Å²) in [7, 11) is 0. The first kappa shape index (κ1) is 16.9. The molecule has 0 bridgehead atoms. The molecule has 0 saturated carbocycles. The van der Waals surface area contributed by atoms with Crippen molar-refractivity contribution in [3.05, 3.63) is 47.5 Å². The Kier molecular flexibility index (Phi) is 5.22. The molecule has 1 N–H and O–H groups in total. The lowest BCUT2D eigenvalue weighted by Gasteiger charge is -2.22. The van der Waals surface area contributed by atoms with Gasteiger partial charge in [0.2, 0.25) is 0 Å². The van der Waals surface area contributed by atoms with Crippen LogP contribution in [0.3, 0.4) is 0 Å². The van der Waals surface area contributed by atoms with Gasteiger partial charge in [-0.1, -0.05) is 52.3 Å². The van der Waals surface area contributed by atoms with Crippen LogP contribution in [0.1, 0.15) is 54.9 Å². The third kappa shape index (κ3) is 4.29. The summed E-state index contributed by atoms with van der Waals surface area (Å²) in [6.07, 6.45) is 6.16. The van der Waals surface area contributed by atoms with Crippen LogP contribution in [0.5, 0.6) is 0 Å². The summed E-state index contributed by atoms with van der Waals surface area (Å²) in [5.74, 6) is -0.219. The fraction of sp³-hybridized carbons (Fsp3) is 0.444. The van der Waals surface area contributed by atoms with Crippen molar-refractivity contribution in [2.24, 2.45) is 5.92 Å². The first-order valence-corrected chi connectivity index (χ1v) is 8.30. The van der Waals surface area contributed by atoms with Crippen LogP contribution in [0.2, 0.25) is 0 Å². The van der Waals surface area contributed by atoms with Crippen LogP contribution in [0.25, 0.3) is 0 Å². The second-order valence-electron chi connectivity index (χ2n) is 6.35. The Morgan fingerprint density at radius 3 is 2.27 bits per heavy atom. The number of alkyl halides is 1. The average molecular weight is 365 g/mol. The summed E-state index contributed by atoms with van der Waals surface area (Å²) < 4.78 is -0.552. The highest BCUT2D eigenvalue weighted by Gasteiger charge is 2.25. The van der Waals surface area contributed by atoms with E-state index in [0.717, 1.165) is 12.8 Å². The number of ketones is 1. The minimum Gasteiger partial charge on any atom is -0.481 e. The van der Waals surface area contributed by atoms with Gasteiger partial charge >= 0.3 is 5.97 Å². The normalized spacial score (nSPS) is 21.6. The SMILES string of the molecule is CC(C)(Br)C(=O)c1ccc([C@H]2C=C[C@H](CC(=O)O)CC2)cc1. The van der Waals surface area contributed by atoms with E-state index >= 15 is 0 Å². The van der Waals surface area contributed by atoms with Gasteiger partial charge in [-0.05, 0) is 38.2 Å². The van der Waals surface area contributed by atoms with Crippen molar-refractivity contribution in [2.45, 2.75) is 43.4 Å². The number of rotatable bonds is 5. The smallest absolute Gasteiger partial charge is 0.303 e. The van der Waals surface area contributed by atoms with Gasteiger partial charge in [0, 0.05) is 11.5 Å². The highest BCUT2D eigenvalue weighted by molar-refractivity contribution is 9.10. The Morgan fingerprint density at radius 2 is 1.82 bits per heavy atom. The lowest BCUT2D eigenvalue weighted by molar-refractivity contribution is -0.137. The lowest BCUT2D eigenvalue weighted by atomic mass is 9.83. The van der Waals surface area contributed by atoms with Gasteiger partial charge in [0.25, 0.3) is 0 Å². The molecule has 0 amide bonds. The van der Waals surface area contributed by atoms with E-state index in [9.17, 15) is 9.59 Å². The predicted octanol–water partition coefficient (Wildman–Crippen LogP) is 4.57. The maximum Gasteiger partial charge on any atom is 0.303 e. The molecule has 1 aliphatic carbocycles. The fourth-order valence-corrected chi connectivity index (χ4v) is 3.00. The second-order valence-corrected chi connectivity index (χ2v) is 8.33. The van der Waals surface area contributed by atoms with E-state index in [1.807, 2.05) is 44.2 Å². The van der Waals surface area contributed by atoms with Crippen molar-refractivity contribution in [3.63, 3.8) is 0 Å². The van der Waals surface area contributed by atoms with Gasteiger partial charge in [-0.3, -0.25) is 9.59 Å². The number of hydrogen-bond acceptors (Lipinski definition) is 2. The number of carbonyl (C=O) groups is 2. The lowest BCUT2D eigenvalue weighted by Crippen LogP contribution is -2.24. The van der Waals surface area contributed by atoms with E-state index < -0.39 is 10.3 Å². The van der Waals surface area contributed by atoms with Gasteiger partial charge in [-0.15, -0.1) is 0 Å². The van der Waals surface area contributed by atoms with Crippen molar-refractivity contribution >= 4 is 27.7 Å². The van der Waals surface area contributed by atoms with Crippen LogP contribution in [0.4, 0.5) is 0 Å². The molecule has 1 aromatic rings. The number of allylic oxidation sites excluding steroid dienone is 2. The summed E-state index contributed by atoms with van der Waals surface area (Å²) in [6, 6.07) is 7.74. The number of carboxylic acids is 1. The van der Waals surface area contributed by atoms with E-state index in [0.29, 0.717) is 11.5 Å². The van der Waals surface area contributed by atoms with Crippen LogP contribution >= 0.6 is 15.9 Å². The van der Waals surface area contributed by atoms with Gasteiger partial charge in [0.05, 0.1) is 10.7 Å². The molecule has 22 heavy (non-hydrogen) atoms. The van der Waals surface area contributed by atoms with E-state index in [4.69, 9.17) is 5.11 Å². The number of carboxylic acid groups (broad SMARTS) is 1. The Balaban J connectivity index is 2.06. The molecule has 1 aromatic carbocycles. The van der Waals surface area contributed by atoms with Crippen molar-refractivity contribution in [2.75, 3.05) is 0 Å². The summed E-state index contributed by atoms with van der Waals surface area (Å²) in [6.45, 7) is 3.69. The number of carbonyl (C=O) groups excluding carboxylic acids is 1. The highest BCUT2D eigenvalue weighted by atomic mass is 79.9. The topological polar surface area (TPSA) is 54.4 Å². The summed E-state index contributed by atoms with van der Waals surface area (Å²) in [5, 5.41) is 8.83. The summed E-state index contributed by atoms with van der Waals surface area (Å²) in [4.78, 5) is 22.9. The number of hydrogen-bond donors (Lipinski definition) is 1. The Morgan fingerprint density at radius 1 is 1.18 bits per heavy atom. The number of halogens is 1. The molecule has 2 atom stereocenters. The second kappa shape index (κ2) is 6.78. The molecule has 0 heterocycles. The van der Waals surface area contributed by atoms with Gasteiger partial charge in [0.15, 0.2) is 5.78 Å². The predicted molar refractivity (Wildman–Crippen MR) is 90.6 cm³/mol. The van der Waals surface area contributed by atoms with Crippen molar-refractivity contribution < 1.29 is 14.7 Å². The highest BCUT2D eigenvalue weighted by Crippen LogP contribution is 2.32. The molecular formula is C18H21BrO3. The molecule has 0 aliphatic heterocycles. The third-order valence-electron chi connectivity index (χ3n) is 4.04. The van der Waals surface area contributed by atoms with Gasteiger partial charge < -0.3 is 5.11 Å². The van der Waals surface area contributed by atoms with Crippen LogP contribution in [-0.2, 0) is 4.79 Å². The fourth-order valence-electron chi connectivity index (χ4n) is 2.77. The van der Waals surface area contributed by atoms with Crippen LogP contribution in [0, 0.1) is 5.92 Å². The van der Waals surface area contributed by atoms with E-state index in [1.165, 1.54) is 5.56 Å². The molecule has 2 rings (SSSR count). The molecule has 0 spiro atoms. The van der Waals surface area contributed by atoms with Crippen LogP contribution in [0.15, 0.2) is 36.4 Å². The maximum atomic E-state index is 12.2. The van der Waals surface area contributed by atoms with Crippen molar-refractivity contribution in [3.8, 4) is 0 Å². The largest absolute Gasteiger partial charge is 0.481 e. The first-order chi connectivity index (χ1) is 10.3. The first-order valence-electron chi connectivity index (χ1n) is 7.51. The minimum absolute atomic E-state index is 0.0692. The zero-order chi connectivity index (χ0) is 16.3.